The van der Waals surface area contributed by atoms with E-state index in [4.69, 9.17) is 0 Å². The number of aromatic nitrogens is 2. The van der Waals surface area contributed by atoms with Crippen molar-refractivity contribution in [2.75, 3.05) is 13.1 Å². The van der Waals surface area contributed by atoms with Crippen LogP contribution < -0.4 is 5.32 Å². The molecule has 0 aliphatic carbocycles. The van der Waals surface area contributed by atoms with Gasteiger partial charge in [0.2, 0.25) is 0 Å². The van der Waals surface area contributed by atoms with Crippen molar-refractivity contribution >= 4 is 11.8 Å². The van der Waals surface area contributed by atoms with Gasteiger partial charge in [-0.1, -0.05) is 36.8 Å². The number of carbonyl (C=O) groups is 2. The first-order valence-corrected chi connectivity index (χ1v) is 10.8. The number of fused-ring (bicyclic) bond motifs is 1. The fourth-order valence-electron chi connectivity index (χ4n) is 4.22. The second kappa shape index (κ2) is 8.39. The van der Waals surface area contributed by atoms with E-state index in [0.29, 0.717) is 24.0 Å². The quantitative estimate of drug-likeness (QED) is 0.865. The van der Waals surface area contributed by atoms with Crippen molar-refractivity contribution < 1.29 is 9.59 Å². The molecule has 0 atom stereocenters. The van der Waals surface area contributed by atoms with Crippen LogP contribution in [0.3, 0.4) is 0 Å². The van der Waals surface area contributed by atoms with E-state index >= 15 is 0 Å². The Morgan fingerprint density at radius 3 is 2.55 bits per heavy atom. The molecule has 3 heterocycles. The summed E-state index contributed by atoms with van der Waals surface area (Å²) in [6.07, 6.45) is 4.92. The van der Waals surface area contributed by atoms with Crippen molar-refractivity contribution in [3.05, 3.63) is 52.6 Å². The number of rotatable bonds is 4. The molecular weight excluding hydrogens is 364 g/mol. The van der Waals surface area contributed by atoms with E-state index in [-0.39, 0.29) is 11.8 Å². The maximum absolute atomic E-state index is 13.1. The molecule has 0 saturated carbocycles. The van der Waals surface area contributed by atoms with Crippen LogP contribution in [0.1, 0.15) is 70.5 Å². The van der Waals surface area contributed by atoms with Crippen LogP contribution in [-0.2, 0) is 19.5 Å². The normalized spacial score (nSPS) is 17.1. The summed E-state index contributed by atoms with van der Waals surface area (Å²) in [5, 5.41) is 2.98. The molecule has 0 radical (unpaired) electrons. The van der Waals surface area contributed by atoms with Gasteiger partial charge in [-0.05, 0) is 50.5 Å². The number of hydrogen-bond acceptors (Lipinski definition) is 3. The fraction of sp³-hybridized carbons (Fsp3) is 0.522. The van der Waals surface area contributed by atoms with E-state index in [2.05, 4.69) is 17.2 Å². The average molecular weight is 395 g/mol. The number of aryl methyl sites for hydroxylation is 1. The fourth-order valence-corrected chi connectivity index (χ4v) is 4.22. The van der Waals surface area contributed by atoms with Crippen molar-refractivity contribution in [2.24, 2.45) is 5.92 Å². The summed E-state index contributed by atoms with van der Waals surface area (Å²) >= 11 is 0. The van der Waals surface area contributed by atoms with Crippen LogP contribution in [0, 0.1) is 12.8 Å². The number of likely N-dealkylation sites (tertiary alicyclic amines) is 1. The second-order valence-corrected chi connectivity index (χ2v) is 8.48. The minimum absolute atomic E-state index is 0.0138. The maximum Gasteiger partial charge on any atom is 0.287 e. The van der Waals surface area contributed by atoms with Crippen molar-refractivity contribution in [3.8, 4) is 0 Å². The summed E-state index contributed by atoms with van der Waals surface area (Å²) in [6.45, 7) is 7.04. The minimum Gasteiger partial charge on any atom is -0.345 e. The molecule has 1 fully saturated rings. The average Bonchev–Trinajstić information content (AvgIpc) is 3.13. The molecular formula is C23H30N4O2. The van der Waals surface area contributed by atoms with Gasteiger partial charge < -0.3 is 14.8 Å². The summed E-state index contributed by atoms with van der Waals surface area (Å²) in [4.78, 5) is 32.5. The Morgan fingerprint density at radius 2 is 1.83 bits per heavy atom. The Hall–Kier alpha value is -2.63. The lowest BCUT2D eigenvalue weighted by atomic mass is 9.98. The molecule has 2 aliphatic rings. The van der Waals surface area contributed by atoms with Gasteiger partial charge in [-0.25, -0.2) is 4.98 Å². The number of amides is 2. The van der Waals surface area contributed by atoms with Gasteiger partial charge in [0.25, 0.3) is 11.8 Å². The van der Waals surface area contributed by atoms with Gasteiger partial charge in [0.05, 0.1) is 5.69 Å². The highest BCUT2D eigenvalue weighted by atomic mass is 16.2. The molecule has 2 aliphatic heterocycles. The first-order valence-electron chi connectivity index (χ1n) is 10.8. The summed E-state index contributed by atoms with van der Waals surface area (Å²) in [7, 11) is 0. The summed E-state index contributed by atoms with van der Waals surface area (Å²) in [6, 6.07) is 8.11. The Balaban J connectivity index is 1.53. The van der Waals surface area contributed by atoms with Gasteiger partial charge in [0.15, 0.2) is 5.82 Å². The minimum atomic E-state index is -0.208. The topological polar surface area (TPSA) is 67.2 Å². The first-order chi connectivity index (χ1) is 14.0. The molecule has 6 heteroatoms. The van der Waals surface area contributed by atoms with Crippen LogP contribution in [0.4, 0.5) is 0 Å². The Labute approximate surface area is 172 Å². The molecule has 0 bridgehead atoms. The molecule has 1 aromatic heterocycles. The molecule has 1 aromatic carbocycles. The SMILES string of the molecule is Cc1ccc(CNC(=O)c2nc(C(=O)N3CCC(C)CC3)c3n2CCCC3)cc1. The lowest BCUT2D eigenvalue weighted by Gasteiger charge is -2.30. The van der Waals surface area contributed by atoms with E-state index in [1.165, 1.54) is 5.56 Å². The number of hydrogen-bond donors (Lipinski definition) is 1. The first kappa shape index (κ1) is 19.7. The van der Waals surface area contributed by atoms with Crippen LogP contribution in [0.2, 0.25) is 0 Å². The van der Waals surface area contributed by atoms with Crippen molar-refractivity contribution in [1.82, 2.24) is 19.8 Å². The Morgan fingerprint density at radius 1 is 1.10 bits per heavy atom. The molecule has 1 saturated heterocycles. The zero-order valence-corrected chi connectivity index (χ0v) is 17.4. The largest absolute Gasteiger partial charge is 0.345 e. The van der Waals surface area contributed by atoms with E-state index < -0.39 is 0 Å². The van der Waals surface area contributed by atoms with Gasteiger partial charge in [-0.2, -0.15) is 0 Å². The summed E-state index contributed by atoms with van der Waals surface area (Å²) in [5.74, 6) is 0.818. The molecule has 1 N–H and O–H groups in total. The number of carbonyl (C=O) groups excluding carboxylic acids is 2. The molecule has 2 amide bonds. The van der Waals surface area contributed by atoms with Gasteiger partial charge in [-0.3, -0.25) is 9.59 Å². The van der Waals surface area contributed by atoms with Gasteiger partial charge in [0.1, 0.15) is 5.69 Å². The highest BCUT2D eigenvalue weighted by molar-refractivity contribution is 5.97. The predicted molar refractivity (Wildman–Crippen MR) is 112 cm³/mol. The third-order valence-corrected chi connectivity index (χ3v) is 6.17. The highest BCUT2D eigenvalue weighted by Crippen LogP contribution is 2.24. The third-order valence-electron chi connectivity index (χ3n) is 6.17. The van der Waals surface area contributed by atoms with E-state index in [1.807, 2.05) is 40.7 Å². The number of imidazole rings is 1. The van der Waals surface area contributed by atoms with Gasteiger partial charge in [0, 0.05) is 26.2 Å². The molecule has 0 unspecified atom stereocenters. The summed E-state index contributed by atoms with van der Waals surface area (Å²) < 4.78 is 1.97. The van der Waals surface area contributed by atoms with Crippen LogP contribution in [0.5, 0.6) is 0 Å². The molecule has 4 rings (SSSR count). The van der Waals surface area contributed by atoms with Crippen molar-refractivity contribution in [3.63, 3.8) is 0 Å². The highest BCUT2D eigenvalue weighted by Gasteiger charge is 2.31. The van der Waals surface area contributed by atoms with Crippen molar-refractivity contribution in [2.45, 2.75) is 59.0 Å². The van der Waals surface area contributed by atoms with Gasteiger partial charge in [-0.15, -0.1) is 0 Å². The van der Waals surface area contributed by atoms with Crippen molar-refractivity contribution in [1.29, 1.82) is 0 Å². The molecule has 2 aromatic rings. The van der Waals surface area contributed by atoms with E-state index in [0.717, 1.165) is 63.0 Å². The number of piperidine rings is 1. The summed E-state index contributed by atoms with van der Waals surface area (Å²) in [5.41, 5.74) is 3.66. The zero-order chi connectivity index (χ0) is 20.4. The van der Waals surface area contributed by atoms with E-state index in [9.17, 15) is 9.59 Å². The molecule has 29 heavy (non-hydrogen) atoms. The molecule has 6 nitrogen and oxygen atoms in total. The van der Waals surface area contributed by atoms with Gasteiger partial charge >= 0.3 is 0 Å². The number of nitrogens with one attached hydrogen (secondary N) is 1. The zero-order valence-electron chi connectivity index (χ0n) is 17.4. The maximum atomic E-state index is 13.1. The van der Waals surface area contributed by atoms with Crippen LogP contribution in [0.15, 0.2) is 24.3 Å². The Kier molecular flexibility index (Phi) is 5.69. The smallest absolute Gasteiger partial charge is 0.287 e. The Bertz CT molecular complexity index is 892. The monoisotopic (exact) mass is 394 g/mol. The molecule has 154 valence electrons. The predicted octanol–water partition coefficient (Wildman–Crippen LogP) is 3.33. The lowest BCUT2D eigenvalue weighted by Crippen LogP contribution is -2.38. The number of benzene rings is 1. The second-order valence-electron chi connectivity index (χ2n) is 8.48. The third kappa shape index (κ3) is 4.21. The molecule has 0 spiro atoms. The van der Waals surface area contributed by atoms with Crippen LogP contribution in [-0.4, -0.2) is 39.4 Å². The van der Waals surface area contributed by atoms with Crippen LogP contribution in [0.25, 0.3) is 0 Å². The van der Waals surface area contributed by atoms with Crippen LogP contribution >= 0.6 is 0 Å². The van der Waals surface area contributed by atoms with E-state index in [1.54, 1.807) is 0 Å². The lowest BCUT2D eigenvalue weighted by molar-refractivity contribution is 0.0690. The number of nitrogens with zero attached hydrogens (tertiary/aromatic N) is 3. The standard InChI is InChI=1S/C23H30N4O2/c1-16-6-8-18(9-7-16)15-24-22(28)21-25-20(19-5-3-4-12-27(19)21)23(29)26-13-10-17(2)11-14-26/h6-9,17H,3-5,10-15H2,1-2H3,(H,24,28).